The van der Waals surface area contributed by atoms with Gasteiger partial charge in [-0.3, -0.25) is 4.79 Å². The van der Waals surface area contributed by atoms with Gasteiger partial charge in [0, 0.05) is 17.1 Å². The van der Waals surface area contributed by atoms with Gasteiger partial charge >= 0.3 is 12.0 Å². The third-order valence-electron chi connectivity index (χ3n) is 3.11. The first kappa shape index (κ1) is 15.6. The van der Waals surface area contributed by atoms with E-state index in [0.717, 1.165) is 0 Å². The number of nitriles is 1. The summed E-state index contributed by atoms with van der Waals surface area (Å²) in [5.74, 6) is -2.33. The lowest BCUT2D eigenvalue weighted by molar-refractivity contribution is -0.144. The molecule has 6 nitrogen and oxygen atoms in total. The number of rotatable bonds is 5. The fraction of sp³-hybridized carbons (Fsp3) is 0.333. The molecule has 0 amide bonds. The van der Waals surface area contributed by atoms with Crippen molar-refractivity contribution in [2.75, 3.05) is 13.7 Å². The molecule has 7 heteroatoms. The zero-order valence-corrected chi connectivity index (χ0v) is 12.2. The predicted molar refractivity (Wildman–Crippen MR) is 75.7 cm³/mol. The Morgan fingerprint density at radius 3 is 2.91 bits per heavy atom. The van der Waals surface area contributed by atoms with Gasteiger partial charge in [-0.1, -0.05) is 0 Å². The van der Waals surface area contributed by atoms with E-state index in [1.807, 2.05) is 6.07 Å². The highest BCUT2D eigenvalue weighted by Crippen LogP contribution is 2.31. The Labute approximate surface area is 126 Å². The highest BCUT2D eigenvalue weighted by Gasteiger charge is 2.28. The van der Waals surface area contributed by atoms with Crippen LogP contribution in [-0.4, -0.2) is 29.7 Å². The van der Waals surface area contributed by atoms with Gasteiger partial charge < -0.3 is 9.47 Å². The maximum absolute atomic E-state index is 14.3. The number of carbonyl (C=O) groups excluding carboxylic acids is 1. The Morgan fingerprint density at radius 1 is 1.50 bits per heavy atom. The number of ether oxygens (including phenoxy) is 2. The molecule has 0 saturated carbocycles. The van der Waals surface area contributed by atoms with Gasteiger partial charge in [0.1, 0.15) is 5.82 Å². The molecular weight excluding hydrogens is 289 g/mol. The van der Waals surface area contributed by atoms with Crippen LogP contribution in [0.5, 0.6) is 6.01 Å². The highest BCUT2D eigenvalue weighted by molar-refractivity contribution is 5.88. The van der Waals surface area contributed by atoms with Crippen LogP contribution < -0.4 is 4.74 Å². The van der Waals surface area contributed by atoms with Crippen molar-refractivity contribution in [1.82, 2.24) is 9.97 Å². The van der Waals surface area contributed by atoms with Crippen LogP contribution in [0.2, 0.25) is 0 Å². The summed E-state index contributed by atoms with van der Waals surface area (Å²) in [6.07, 6.45) is 1.26. The molecule has 0 aliphatic heterocycles. The molecule has 114 valence electrons. The van der Waals surface area contributed by atoms with Crippen molar-refractivity contribution < 1.29 is 18.7 Å². The Bertz CT molecular complexity index is 743. The topological polar surface area (TPSA) is 85.1 Å². The molecule has 2 aromatic rings. The third kappa shape index (κ3) is 2.96. The fourth-order valence-corrected chi connectivity index (χ4v) is 2.15. The molecule has 0 aliphatic rings. The molecule has 0 spiro atoms. The Kier molecular flexibility index (Phi) is 4.84. The van der Waals surface area contributed by atoms with Crippen LogP contribution in [0.3, 0.4) is 0 Å². The molecular formula is C15H14FN3O3. The number of aromatic nitrogens is 2. The monoisotopic (exact) mass is 303 g/mol. The number of carbonyl (C=O) groups is 1. The summed E-state index contributed by atoms with van der Waals surface area (Å²) in [6, 6.07) is 4.66. The van der Waals surface area contributed by atoms with Crippen molar-refractivity contribution in [1.29, 1.82) is 5.26 Å². The Morgan fingerprint density at radius 2 is 2.27 bits per heavy atom. The lowest BCUT2D eigenvalue weighted by atomic mass is 9.93. The van der Waals surface area contributed by atoms with E-state index >= 15 is 0 Å². The molecule has 2 rings (SSSR count). The summed E-state index contributed by atoms with van der Waals surface area (Å²) < 4.78 is 24.2. The van der Waals surface area contributed by atoms with Crippen LogP contribution >= 0.6 is 0 Å². The molecule has 1 heterocycles. The minimum atomic E-state index is -1.05. The molecule has 1 unspecified atom stereocenters. The van der Waals surface area contributed by atoms with E-state index in [2.05, 4.69) is 9.97 Å². The van der Waals surface area contributed by atoms with Crippen molar-refractivity contribution in [3.05, 3.63) is 29.7 Å². The molecule has 0 radical (unpaired) electrons. The molecule has 1 aromatic heterocycles. The van der Waals surface area contributed by atoms with E-state index in [0.29, 0.717) is 5.39 Å². The van der Waals surface area contributed by atoms with Crippen LogP contribution in [0, 0.1) is 17.1 Å². The van der Waals surface area contributed by atoms with Gasteiger partial charge in [-0.15, -0.1) is 0 Å². The zero-order chi connectivity index (χ0) is 16.1. The number of hydrogen-bond donors (Lipinski definition) is 0. The molecule has 1 aromatic carbocycles. The largest absolute Gasteiger partial charge is 0.467 e. The fourth-order valence-electron chi connectivity index (χ4n) is 2.15. The molecule has 1 atom stereocenters. The van der Waals surface area contributed by atoms with Crippen LogP contribution in [0.4, 0.5) is 4.39 Å². The summed E-state index contributed by atoms with van der Waals surface area (Å²) in [5.41, 5.74) is 0.262. The van der Waals surface area contributed by atoms with Gasteiger partial charge in [-0.05, 0) is 19.1 Å². The van der Waals surface area contributed by atoms with E-state index < -0.39 is 17.7 Å². The molecule has 0 bridgehead atoms. The smallest absolute Gasteiger partial charge is 0.316 e. The zero-order valence-electron chi connectivity index (χ0n) is 12.2. The first-order chi connectivity index (χ1) is 10.6. The summed E-state index contributed by atoms with van der Waals surface area (Å²) >= 11 is 0. The summed E-state index contributed by atoms with van der Waals surface area (Å²) in [5, 5.41) is 9.49. The highest BCUT2D eigenvalue weighted by atomic mass is 19.1. The normalized spacial score (nSPS) is 11.7. The predicted octanol–water partition coefficient (Wildman–Crippen LogP) is 2.34. The molecule has 0 fully saturated rings. The number of benzene rings is 1. The number of halogens is 1. The minimum absolute atomic E-state index is 0.0261. The number of fused-ring (bicyclic) bond motifs is 1. The van der Waals surface area contributed by atoms with Gasteiger partial charge in [0.15, 0.2) is 0 Å². The van der Waals surface area contributed by atoms with Crippen molar-refractivity contribution in [3.63, 3.8) is 0 Å². The maximum Gasteiger partial charge on any atom is 0.316 e. The van der Waals surface area contributed by atoms with Crippen molar-refractivity contribution in [2.24, 2.45) is 0 Å². The molecule has 0 N–H and O–H groups in total. The quantitative estimate of drug-likeness (QED) is 0.788. The Hall–Kier alpha value is -2.75. The number of nitrogens with zero attached hydrogens (tertiary/aromatic N) is 3. The van der Waals surface area contributed by atoms with Gasteiger partial charge in [0.2, 0.25) is 0 Å². The summed E-state index contributed by atoms with van der Waals surface area (Å²) in [7, 11) is 1.39. The number of methoxy groups -OCH3 is 1. The second-order valence-electron chi connectivity index (χ2n) is 4.42. The second-order valence-corrected chi connectivity index (χ2v) is 4.42. The average Bonchev–Trinajstić information content (AvgIpc) is 2.53. The third-order valence-corrected chi connectivity index (χ3v) is 3.11. The van der Waals surface area contributed by atoms with E-state index in [-0.39, 0.29) is 30.1 Å². The van der Waals surface area contributed by atoms with Gasteiger partial charge in [0.25, 0.3) is 0 Å². The summed E-state index contributed by atoms with van der Waals surface area (Å²) in [4.78, 5) is 20.1. The SMILES string of the molecule is CCOC(=O)C(CC#N)c1c(F)ccc2cnc(OC)nc12. The van der Waals surface area contributed by atoms with Gasteiger partial charge in [-0.2, -0.15) is 10.2 Å². The Balaban J connectivity index is 2.66. The van der Waals surface area contributed by atoms with Gasteiger partial charge in [0.05, 0.1) is 37.6 Å². The van der Waals surface area contributed by atoms with E-state index in [1.54, 1.807) is 6.92 Å². The molecule has 0 aliphatic carbocycles. The second kappa shape index (κ2) is 6.80. The molecule has 0 saturated heterocycles. The van der Waals surface area contributed by atoms with Crippen LogP contribution in [0.1, 0.15) is 24.8 Å². The van der Waals surface area contributed by atoms with Crippen molar-refractivity contribution >= 4 is 16.9 Å². The lowest BCUT2D eigenvalue weighted by Crippen LogP contribution is -2.18. The standard InChI is InChI=1S/C15H14FN3O3/c1-3-22-14(20)10(6-7-17)12-11(16)5-4-9-8-18-15(21-2)19-13(9)12/h4-5,8,10H,3,6H2,1-2H3. The van der Waals surface area contributed by atoms with Gasteiger partial charge in [-0.25, -0.2) is 9.37 Å². The number of hydrogen-bond acceptors (Lipinski definition) is 6. The first-order valence-electron chi connectivity index (χ1n) is 6.65. The first-order valence-corrected chi connectivity index (χ1v) is 6.65. The average molecular weight is 303 g/mol. The maximum atomic E-state index is 14.3. The number of esters is 1. The minimum Gasteiger partial charge on any atom is -0.467 e. The summed E-state index contributed by atoms with van der Waals surface area (Å²) in [6.45, 7) is 1.79. The lowest BCUT2D eigenvalue weighted by Gasteiger charge is -2.15. The van der Waals surface area contributed by atoms with E-state index in [4.69, 9.17) is 14.7 Å². The van der Waals surface area contributed by atoms with Crippen LogP contribution in [0.15, 0.2) is 18.3 Å². The van der Waals surface area contributed by atoms with E-state index in [1.165, 1.54) is 25.4 Å². The van der Waals surface area contributed by atoms with Crippen molar-refractivity contribution in [3.8, 4) is 12.1 Å². The van der Waals surface area contributed by atoms with Crippen molar-refractivity contribution in [2.45, 2.75) is 19.3 Å². The van der Waals surface area contributed by atoms with E-state index in [9.17, 15) is 9.18 Å². The molecule has 22 heavy (non-hydrogen) atoms. The van der Waals surface area contributed by atoms with Crippen LogP contribution in [-0.2, 0) is 9.53 Å². The van der Waals surface area contributed by atoms with Crippen LogP contribution in [0.25, 0.3) is 10.9 Å².